The second-order valence-corrected chi connectivity index (χ2v) is 6.69. The van der Waals surface area contributed by atoms with Gasteiger partial charge in [0.2, 0.25) is 10.0 Å². The van der Waals surface area contributed by atoms with Gasteiger partial charge >= 0.3 is 0 Å². The fourth-order valence-electron chi connectivity index (χ4n) is 1.73. The largest absolute Gasteiger partial charge is 0.361 e. The minimum atomic E-state index is -3.70. The Morgan fingerprint density at radius 2 is 2.14 bits per heavy atom. The van der Waals surface area contributed by atoms with Gasteiger partial charge in [-0.1, -0.05) is 16.8 Å². The summed E-state index contributed by atoms with van der Waals surface area (Å²) in [6.07, 6.45) is 1.14. The van der Waals surface area contributed by atoms with E-state index in [2.05, 4.69) is 9.88 Å². The number of sulfonamides is 1. The van der Waals surface area contributed by atoms with Gasteiger partial charge in [-0.15, -0.1) is 0 Å². The van der Waals surface area contributed by atoms with E-state index in [1.54, 1.807) is 6.07 Å². The summed E-state index contributed by atoms with van der Waals surface area (Å²) in [5.74, 6) is 0.0489. The lowest BCUT2D eigenvalue weighted by Crippen LogP contribution is -2.25. The molecule has 1 heterocycles. The molecule has 0 unspecified atom stereocenters. The predicted molar refractivity (Wildman–Crippen MR) is 76.2 cm³/mol. The van der Waals surface area contributed by atoms with Gasteiger partial charge < -0.3 is 4.52 Å². The van der Waals surface area contributed by atoms with Crippen molar-refractivity contribution < 1.29 is 17.3 Å². The molecule has 2 aromatic rings. The summed E-state index contributed by atoms with van der Waals surface area (Å²) in [5.41, 5.74) is 0.784. The summed E-state index contributed by atoms with van der Waals surface area (Å²) in [7, 11) is -3.70. The Hall–Kier alpha value is -1.44. The summed E-state index contributed by atoms with van der Waals surface area (Å²) in [6, 6.07) is 5.07. The van der Waals surface area contributed by atoms with Crippen LogP contribution in [0.3, 0.4) is 0 Å². The van der Waals surface area contributed by atoms with E-state index >= 15 is 0 Å². The molecule has 0 atom stereocenters. The molecule has 2 rings (SSSR count). The van der Waals surface area contributed by atoms with Crippen molar-refractivity contribution in [2.24, 2.45) is 0 Å². The summed E-state index contributed by atoms with van der Waals surface area (Å²) in [5, 5.41) is 3.52. The van der Waals surface area contributed by atoms with Crippen molar-refractivity contribution in [2.45, 2.75) is 24.7 Å². The van der Waals surface area contributed by atoms with E-state index in [9.17, 15) is 12.8 Å². The normalized spacial score (nSPS) is 11.8. The second-order valence-electron chi connectivity index (χ2n) is 4.51. The molecule has 0 amide bonds. The zero-order chi connectivity index (χ0) is 15.5. The van der Waals surface area contributed by atoms with E-state index in [1.165, 1.54) is 6.07 Å². The maximum atomic E-state index is 13.0. The van der Waals surface area contributed by atoms with Crippen LogP contribution in [0.25, 0.3) is 0 Å². The van der Waals surface area contributed by atoms with Crippen molar-refractivity contribution in [1.82, 2.24) is 9.88 Å². The van der Waals surface area contributed by atoms with Crippen LogP contribution < -0.4 is 4.72 Å². The number of aryl methyl sites for hydroxylation is 2. The molecular weight excluding hydrogens is 319 g/mol. The van der Waals surface area contributed by atoms with Crippen LogP contribution in [0.1, 0.15) is 17.9 Å². The van der Waals surface area contributed by atoms with Gasteiger partial charge in [-0.2, -0.15) is 0 Å². The second kappa shape index (κ2) is 6.55. The topological polar surface area (TPSA) is 72.2 Å². The highest BCUT2D eigenvalue weighted by molar-refractivity contribution is 7.89. The van der Waals surface area contributed by atoms with Crippen LogP contribution in [0.5, 0.6) is 0 Å². The average molecular weight is 333 g/mol. The molecule has 0 saturated carbocycles. The number of hydrogen-bond donors (Lipinski definition) is 1. The van der Waals surface area contributed by atoms with Crippen LogP contribution in [-0.2, 0) is 16.4 Å². The third-order valence-corrected chi connectivity index (χ3v) is 4.52. The summed E-state index contributed by atoms with van der Waals surface area (Å²) in [4.78, 5) is -0.0654. The van der Waals surface area contributed by atoms with E-state index < -0.39 is 15.8 Å². The number of benzene rings is 1. The quantitative estimate of drug-likeness (QED) is 0.825. The zero-order valence-electron chi connectivity index (χ0n) is 11.3. The van der Waals surface area contributed by atoms with E-state index in [0.717, 1.165) is 17.8 Å². The van der Waals surface area contributed by atoms with Crippen LogP contribution in [0.4, 0.5) is 4.39 Å². The highest BCUT2D eigenvalue weighted by Gasteiger charge is 2.15. The molecular formula is C13H14ClFN2O3S. The number of nitrogens with one attached hydrogen (secondary N) is 1. The Bertz CT molecular complexity index is 731. The Balaban J connectivity index is 1.90. The molecule has 114 valence electrons. The molecule has 0 aliphatic heterocycles. The van der Waals surface area contributed by atoms with Gasteiger partial charge in [0.25, 0.3) is 0 Å². The third-order valence-electron chi connectivity index (χ3n) is 2.77. The first-order valence-corrected chi connectivity index (χ1v) is 8.11. The SMILES string of the molecule is Cc1cc(CCCNS(=O)(=O)c2ccc(F)c(Cl)c2)on1. The molecule has 0 spiro atoms. The van der Waals surface area contributed by atoms with Crippen molar-refractivity contribution >= 4 is 21.6 Å². The highest BCUT2D eigenvalue weighted by atomic mass is 35.5. The molecule has 5 nitrogen and oxygen atoms in total. The average Bonchev–Trinajstić information content (AvgIpc) is 2.83. The van der Waals surface area contributed by atoms with Gasteiger partial charge in [0.1, 0.15) is 11.6 Å². The number of hydrogen-bond acceptors (Lipinski definition) is 4. The lowest BCUT2D eigenvalue weighted by molar-refractivity contribution is 0.377. The maximum absolute atomic E-state index is 13.0. The van der Waals surface area contributed by atoms with Gasteiger partial charge in [0.05, 0.1) is 15.6 Å². The standard InChI is InChI=1S/C13H14ClFN2O3S/c1-9-7-10(20-17-9)3-2-6-16-21(18,19)11-4-5-13(15)12(14)8-11/h4-5,7-8,16H,2-3,6H2,1H3. The molecule has 8 heteroatoms. The molecule has 1 N–H and O–H groups in total. The van der Waals surface area contributed by atoms with E-state index in [0.29, 0.717) is 18.6 Å². The van der Waals surface area contributed by atoms with E-state index in [1.807, 2.05) is 6.92 Å². The molecule has 0 fully saturated rings. The number of nitrogens with zero attached hydrogens (tertiary/aromatic N) is 1. The van der Waals surface area contributed by atoms with Gasteiger partial charge in [-0.25, -0.2) is 17.5 Å². The van der Waals surface area contributed by atoms with Crippen molar-refractivity contribution in [2.75, 3.05) is 6.54 Å². The Kier molecular flexibility index (Phi) is 4.97. The minimum Gasteiger partial charge on any atom is -0.361 e. The lowest BCUT2D eigenvalue weighted by Gasteiger charge is -2.06. The maximum Gasteiger partial charge on any atom is 0.240 e. The Morgan fingerprint density at radius 3 is 2.76 bits per heavy atom. The summed E-state index contributed by atoms with van der Waals surface area (Å²) < 4.78 is 44.4. The summed E-state index contributed by atoms with van der Waals surface area (Å²) in [6.45, 7) is 2.05. The number of rotatable bonds is 6. The monoisotopic (exact) mass is 332 g/mol. The van der Waals surface area contributed by atoms with Crippen LogP contribution in [-0.4, -0.2) is 20.1 Å². The van der Waals surface area contributed by atoms with Crippen LogP contribution in [0, 0.1) is 12.7 Å². The first-order valence-electron chi connectivity index (χ1n) is 6.25. The van der Waals surface area contributed by atoms with Crippen molar-refractivity contribution in [1.29, 1.82) is 0 Å². The Labute approximate surface area is 127 Å². The van der Waals surface area contributed by atoms with Gasteiger partial charge in [0.15, 0.2) is 0 Å². The molecule has 0 radical (unpaired) electrons. The molecule has 0 aliphatic rings. The molecule has 0 bridgehead atoms. The minimum absolute atomic E-state index is 0.0654. The van der Waals surface area contributed by atoms with Gasteiger partial charge in [-0.05, 0) is 31.5 Å². The number of aromatic nitrogens is 1. The van der Waals surface area contributed by atoms with Crippen molar-refractivity contribution in [3.05, 3.63) is 46.6 Å². The molecule has 1 aromatic carbocycles. The third kappa shape index (κ3) is 4.26. The Morgan fingerprint density at radius 1 is 1.38 bits per heavy atom. The fourth-order valence-corrected chi connectivity index (χ4v) is 3.08. The first kappa shape index (κ1) is 15.9. The molecule has 1 aromatic heterocycles. The van der Waals surface area contributed by atoms with Crippen molar-refractivity contribution in [3.63, 3.8) is 0 Å². The molecule has 0 aliphatic carbocycles. The first-order chi connectivity index (χ1) is 9.88. The predicted octanol–water partition coefficient (Wildman–Crippen LogP) is 2.69. The van der Waals surface area contributed by atoms with E-state index in [-0.39, 0.29) is 16.5 Å². The smallest absolute Gasteiger partial charge is 0.240 e. The highest BCUT2D eigenvalue weighted by Crippen LogP contribution is 2.19. The molecule has 0 saturated heterocycles. The van der Waals surface area contributed by atoms with Gasteiger partial charge in [0, 0.05) is 19.0 Å². The zero-order valence-corrected chi connectivity index (χ0v) is 12.8. The van der Waals surface area contributed by atoms with Crippen LogP contribution >= 0.6 is 11.6 Å². The van der Waals surface area contributed by atoms with Gasteiger partial charge in [-0.3, -0.25) is 0 Å². The van der Waals surface area contributed by atoms with E-state index in [4.69, 9.17) is 16.1 Å². The van der Waals surface area contributed by atoms with Crippen molar-refractivity contribution in [3.8, 4) is 0 Å². The van der Waals surface area contributed by atoms with Crippen LogP contribution in [0.15, 0.2) is 33.7 Å². The number of halogens is 2. The molecule has 21 heavy (non-hydrogen) atoms. The summed E-state index contributed by atoms with van der Waals surface area (Å²) >= 11 is 5.58. The van der Waals surface area contributed by atoms with Crippen LogP contribution in [0.2, 0.25) is 5.02 Å². The fraction of sp³-hybridized carbons (Fsp3) is 0.308. The lowest BCUT2D eigenvalue weighted by atomic mass is 10.2.